The summed E-state index contributed by atoms with van der Waals surface area (Å²) in [6.07, 6.45) is -0.654. The average Bonchev–Trinajstić information content (AvgIpc) is 2.56. The topological polar surface area (TPSA) is 96.0 Å². The number of nitrogens with zero attached hydrogens (tertiary/aromatic N) is 2. The predicted molar refractivity (Wildman–Crippen MR) is 57.2 cm³/mol. The van der Waals surface area contributed by atoms with Crippen LogP contribution in [0.3, 0.4) is 0 Å². The lowest BCUT2D eigenvalue weighted by Crippen LogP contribution is -2.63. The molecule has 2 heterocycles. The predicted octanol–water partition coefficient (Wildman–Crippen LogP) is -1.69. The van der Waals surface area contributed by atoms with Crippen LogP contribution in [-0.4, -0.2) is 65.9 Å². The zero-order valence-electron chi connectivity index (χ0n) is 9.84. The van der Waals surface area contributed by atoms with Crippen molar-refractivity contribution < 1.29 is 23.9 Å². The SMILES string of the molecule is CC(=O)NCC(=O)N1CC(N2C(=O)COC2=O)C1. The van der Waals surface area contributed by atoms with Gasteiger partial charge in [0, 0.05) is 20.0 Å². The quantitative estimate of drug-likeness (QED) is 0.649. The molecule has 18 heavy (non-hydrogen) atoms. The van der Waals surface area contributed by atoms with Crippen LogP contribution in [0.4, 0.5) is 4.79 Å². The second-order valence-electron chi connectivity index (χ2n) is 4.18. The lowest BCUT2D eigenvalue weighted by atomic mass is 10.1. The van der Waals surface area contributed by atoms with Crippen molar-refractivity contribution in [3.05, 3.63) is 0 Å². The van der Waals surface area contributed by atoms with Gasteiger partial charge in [0.1, 0.15) is 0 Å². The van der Waals surface area contributed by atoms with Gasteiger partial charge < -0.3 is 15.0 Å². The van der Waals surface area contributed by atoms with Crippen LogP contribution >= 0.6 is 0 Å². The molecular formula is C10H13N3O5. The molecule has 2 aliphatic heterocycles. The van der Waals surface area contributed by atoms with Gasteiger partial charge in [0.05, 0.1) is 12.6 Å². The van der Waals surface area contributed by atoms with Crippen LogP contribution in [0.15, 0.2) is 0 Å². The number of ether oxygens (including phenoxy) is 1. The van der Waals surface area contributed by atoms with Gasteiger partial charge >= 0.3 is 6.09 Å². The van der Waals surface area contributed by atoms with Crippen LogP contribution in [0.2, 0.25) is 0 Å². The van der Waals surface area contributed by atoms with Gasteiger partial charge in [0.25, 0.3) is 5.91 Å². The summed E-state index contributed by atoms with van der Waals surface area (Å²) in [5.74, 6) is -0.890. The molecule has 0 unspecified atom stereocenters. The zero-order chi connectivity index (χ0) is 13.3. The van der Waals surface area contributed by atoms with Gasteiger partial charge in [-0.3, -0.25) is 14.4 Å². The molecule has 2 rings (SSSR count). The van der Waals surface area contributed by atoms with E-state index < -0.39 is 6.09 Å². The van der Waals surface area contributed by atoms with Crippen LogP contribution in [0.5, 0.6) is 0 Å². The van der Waals surface area contributed by atoms with Crippen molar-refractivity contribution in [1.29, 1.82) is 0 Å². The third-order valence-electron chi connectivity index (χ3n) is 2.85. The van der Waals surface area contributed by atoms with Crippen molar-refractivity contribution in [2.75, 3.05) is 26.2 Å². The second-order valence-corrected chi connectivity index (χ2v) is 4.18. The number of cyclic esters (lactones) is 1. The second kappa shape index (κ2) is 4.63. The van der Waals surface area contributed by atoms with Crippen molar-refractivity contribution in [2.24, 2.45) is 0 Å². The summed E-state index contributed by atoms with van der Waals surface area (Å²) in [5, 5.41) is 2.39. The van der Waals surface area contributed by atoms with Crippen LogP contribution in [-0.2, 0) is 19.1 Å². The van der Waals surface area contributed by atoms with E-state index in [9.17, 15) is 19.2 Å². The monoisotopic (exact) mass is 255 g/mol. The van der Waals surface area contributed by atoms with Crippen LogP contribution in [0.25, 0.3) is 0 Å². The number of hydrogen-bond donors (Lipinski definition) is 1. The van der Waals surface area contributed by atoms with E-state index >= 15 is 0 Å². The molecule has 2 aliphatic rings. The standard InChI is InChI=1S/C10H13N3O5/c1-6(14)11-2-8(15)12-3-7(4-12)13-9(16)5-18-10(13)17/h7H,2-5H2,1H3,(H,11,14). The van der Waals surface area contributed by atoms with Gasteiger partial charge in [-0.05, 0) is 0 Å². The number of carbonyl (C=O) groups excluding carboxylic acids is 4. The highest BCUT2D eigenvalue weighted by Crippen LogP contribution is 2.19. The molecule has 0 aromatic carbocycles. The molecule has 0 aliphatic carbocycles. The molecule has 0 spiro atoms. The molecule has 8 heteroatoms. The van der Waals surface area contributed by atoms with Gasteiger partial charge in [0.2, 0.25) is 11.8 Å². The summed E-state index contributed by atoms with van der Waals surface area (Å²) in [6.45, 7) is 1.61. The molecular weight excluding hydrogens is 242 g/mol. The number of likely N-dealkylation sites (tertiary alicyclic amines) is 1. The van der Waals surface area contributed by atoms with E-state index in [0.717, 1.165) is 4.90 Å². The minimum absolute atomic E-state index is 0.0690. The fraction of sp³-hybridized carbons (Fsp3) is 0.600. The van der Waals surface area contributed by atoms with Gasteiger partial charge in [-0.1, -0.05) is 0 Å². The number of imide groups is 1. The molecule has 0 radical (unpaired) electrons. The molecule has 4 amide bonds. The Labute approximate surface area is 103 Å². The third-order valence-corrected chi connectivity index (χ3v) is 2.85. The molecule has 0 saturated carbocycles. The maximum atomic E-state index is 11.5. The smallest absolute Gasteiger partial charge is 0.417 e. The fourth-order valence-corrected chi connectivity index (χ4v) is 1.85. The van der Waals surface area contributed by atoms with E-state index in [0.29, 0.717) is 13.1 Å². The molecule has 1 N–H and O–H groups in total. The summed E-state index contributed by atoms with van der Waals surface area (Å²) in [4.78, 5) is 47.3. The summed E-state index contributed by atoms with van der Waals surface area (Å²) in [6, 6.07) is -0.311. The molecule has 2 saturated heterocycles. The maximum absolute atomic E-state index is 11.5. The Balaban J connectivity index is 1.80. The maximum Gasteiger partial charge on any atom is 0.417 e. The summed E-state index contributed by atoms with van der Waals surface area (Å²) in [7, 11) is 0. The van der Waals surface area contributed by atoms with E-state index in [1.165, 1.54) is 11.8 Å². The van der Waals surface area contributed by atoms with Crippen molar-refractivity contribution in [2.45, 2.75) is 13.0 Å². The highest BCUT2D eigenvalue weighted by atomic mass is 16.6. The minimum atomic E-state index is -0.654. The van der Waals surface area contributed by atoms with Gasteiger partial charge in [0.15, 0.2) is 6.61 Å². The number of rotatable bonds is 3. The van der Waals surface area contributed by atoms with Crippen molar-refractivity contribution in [1.82, 2.24) is 15.1 Å². The largest absolute Gasteiger partial charge is 0.439 e. The van der Waals surface area contributed by atoms with Crippen molar-refractivity contribution in [3.8, 4) is 0 Å². The van der Waals surface area contributed by atoms with E-state index in [-0.39, 0.29) is 36.9 Å². The number of carbonyl (C=O) groups is 4. The third kappa shape index (κ3) is 2.27. The van der Waals surface area contributed by atoms with Crippen LogP contribution in [0.1, 0.15) is 6.92 Å². The summed E-state index contributed by atoms with van der Waals surface area (Å²) in [5.41, 5.74) is 0. The van der Waals surface area contributed by atoms with Gasteiger partial charge in [-0.2, -0.15) is 0 Å². The Morgan fingerprint density at radius 1 is 1.39 bits per heavy atom. The average molecular weight is 255 g/mol. The van der Waals surface area contributed by atoms with E-state index in [2.05, 4.69) is 10.1 Å². The van der Waals surface area contributed by atoms with Crippen LogP contribution < -0.4 is 5.32 Å². The Hall–Kier alpha value is -2.12. The lowest BCUT2D eigenvalue weighted by molar-refractivity contribution is -0.142. The Morgan fingerprint density at radius 3 is 2.56 bits per heavy atom. The van der Waals surface area contributed by atoms with Gasteiger partial charge in [-0.15, -0.1) is 0 Å². The first-order valence-corrected chi connectivity index (χ1v) is 5.50. The molecule has 8 nitrogen and oxygen atoms in total. The summed E-state index contributed by atoms with van der Waals surface area (Å²) < 4.78 is 4.59. The Bertz CT molecular complexity index is 400. The summed E-state index contributed by atoms with van der Waals surface area (Å²) >= 11 is 0. The first-order valence-electron chi connectivity index (χ1n) is 5.50. The minimum Gasteiger partial charge on any atom is -0.439 e. The zero-order valence-corrected chi connectivity index (χ0v) is 9.84. The molecule has 0 aromatic heterocycles. The first kappa shape index (κ1) is 12.3. The number of amides is 4. The molecule has 2 fully saturated rings. The van der Waals surface area contributed by atoms with Crippen molar-refractivity contribution >= 4 is 23.8 Å². The number of nitrogens with one attached hydrogen (secondary N) is 1. The lowest BCUT2D eigenvalue weighted by Gasteiger charge is -2.41. The van der Waals surface area contributed by atoms with E-state index in [4.69, 9.17) is 0 Å². The highest BCUT2D eigenvalue weighted by Gasteiger charge is 2.44. The highest BCUT2D eigenvalue weighted by molar-refractivity contribution is 5.98. The van der Waals surface area contributed by atoms with E-state index in [1.807, 2.05) is 0 Å². The molecule has 0 aromatic rings. The Morgan fingerprint density at radius 2 is 2.06 bits per heavy atom. The van der Waals surface area contributed by atoms with E-state index in [1.54, 1.807) is 0 Å². The normalized spacial score (nSPS) is 19.6. The molecule has 0 atom stereocenters. The Kier molecular flexibility index (Phi) is 3.17. The molecule has 98 valence electrons. The fourth-order valence-electron chi connectivity index (χ4n) is 1.85. The van der Waals surface area contributed by atoms with Crippen LogP contribution in [0, 0.1) is 0 Å². The van der Waals surface area contributed by atoms with Gasteiger partial charge in [-0.25, -0.2) is 9.69 Å². The first-order chi connectivity index (χ1) is 8.49. The number of hydrogen-bond acceptors (Lipinski definition) is 5. The van der Waals surface area contributed by atoms with Crippen molar-refractivity contribution in [3.63, 3.8) is 0 Å². The molecule has 0 bridgehead atoms.